The third-order valence-corrected chi connectivity index (χ3v) is 2.64. The summed E-state index contributed by atoms with van der Waals surface area (Å²) in [7, 11) is 0. The maximum absolute atomic E-state index is 12.0. The summed E-state index contributed by atoms with van der Waals surface area (Å²) in [4.78, 5) is 0. The SMILES string of the molecule is CCCn1ncc(Cl)c1C(COCC(F)(F)F)NN. The molecular formula is C10H16ClF3N4O. The van der Waals surface area contributed by atoms with Crippen molar-refractivity contribution in [3.05, 3.63) is 16.9 Å². The highest BCUT2D eigenvalue weighted by Crippen LogP contribution is 2.24. The Morgan fingerprint density at radius 3 is 2.79 bits per heavy atom. The fourth-order valence-electron chi connectivity index (χ4n) is 1.61. The van der Waals surface area contributed by atoms with E-state index in [-0.39, 0.29) is 6.61 Å². The third kappa shape index (κ3) is 4.98. The number of alkyl halides is 3. The quantitative estimate of drug-likeness (QED) is 0.597. The van der Waals surface area contributed by atoms with Crippen LogP contribution < -0.4 is 11.3 Å². The molecule has 19 heavy (non-hydrogen) atoms. The third-order valence-electron chi connectivity index (χ3n) is 2.35. The molecule has 1 rings (SSSR count). The summed E-state index contributed by atoms with van der Waals surface area (Å²) in [5.74, 6) is 5.34. The zero-order valence-corrected chi connectivity index (χ0v) is 11.1. The van der Waals surface area contributed by atoms with Crippen molar-refractivity contribution in [3.8, 4) is 0 Å². The van der Waals surface area contributed by atoms with Crippen LogP contribution in [-0.4, -0.2) is 29.2 Å². The lowest BCUT2D eigenvalue weighted by Crippen LogP contribution is -2.34. The van der Waals surface area contributed by atoms with Crippen molar-refractivity contribution in [2.75, 3.05) is 13.2 Å². The number of aromatic nitrogens is 2. The van der Waals surface area contributed by atoms with Gasteiger partial charge in [-0.2, -0.15) is 18.3 Å². The molecule has 0 aliphatic carbocycles. The Bertz CT molecular complexity index is 397. The van der Waals surface area contributed by atoms with E-state index in [0.717, 1.165) is 6.42 Å². The van der Waals surface area contributed by atoms with Crippen molar-refractivity contribution in [2.24, 2.45) is 5.84 Å². The molecule has 110 valence electrons. The zero-order chi connectivity index (χ0) is 14.5. The zero-order valence-electron chi connectivity index (χ0n) is 10.4. The molecule has 1 unspecified atom stereocenters. The van der Waals surface area contributed by atoms with Gasteiger partial charge in [0.25, 0.3) is 0 Å². The van der Waals surface area contributed by atoms with Crippen molar-refractivity contribution in [2.45, 2.75) is 32.1 Å². The number of ether oxygens (including phenoxy) is 1. The Balaban J connectivity index is 2.71. The number of nitrogens with two attached hydrogens (primary N) is 1. The molecule has 1 atom stereocenters. The number of rotatable bonds is 7. The maximum atomic E-state index is 12.0. The second kappa shape index (κ2) is 7.09. The number of hydrazine groups is 1. The number of halogens is 4. The minimum Gasteiger partial charge on any atom is -0.370 e. The molecule has 0 fully saturated rings. The lowest BCUT2D eigenvalue weighted by atomic mass is 10.2. The average molecular weight is 301 g/mol. The predicted molar refractivity (Wildman–Crippen MR) is 64.5 cm³/mol. The van der Waals surface area contributed by atoms with Gasteiger partial charge >= 0.3 is 6.18 Å². The van der Waals surface area contributed by atoms with Crippen molar-refractivity contribution in [3.63, 3.8) is 0 Å². The highest BCUT2D eigenvalue weighted by Gasteiger charge is 2.28. The molecule has 0 aromatic carbocycles. The molecule has 0 bridgehead atoms. The van der Waals surface area contributed by atoms with Crippen molar-refractivity contribution in [1.82, 2.24) is 15.2 Å². The fourth-order valence-corrected chi connectivity index (χ4v) is 1.88. The maximum Gasteiger partial charge on any atom is 0.411 e. The van der Waals surface area contributed by atoms with Crippen LogP contribution in [0.2, 0.25) is 5.02 Å². The van der Waals surface area contributed by atoms with E-state index in [1.54, 1.807) is 4.68 Å². The van der Waals surface area contributed by atoms with Gasteiger partial charge in [0.05, 0.1) is 29.6 Å². The van der Waals surface area contributed by atoms with Crippen molar-refractivity contribution < 1.29 is 17.9 Å². The molecule has 1 aromatic rings. The lowest BCUT2D eigenvalue weighted by Gasteiger charge is -2.18. The summed E-state index contributed by atoms with van der Waals surface area (Å²) in [6.45, 7) is 0.972. The van der Waals surface area contributed by atoms with Gasteiger partial charge in [-0.1, -0.05) is 18.5 Å². The van der Waals surface area contributed by atoms with Crippen LogP contribution in [0, 0.1) is 0 Å². The van der Waals surface area contributed by atoms with Crippen LogP contribution >= 0.6 is 11.6 Å². The van der Waals surface area contributed by atoms with Gasteiger partial charge in [-0.05, 0) is 6.42 Å². The standard InChI is InChI=1S/C10H16ClF3N4O/c1-2-3-18-9(7(11)4-16-18)8(17-15)5-19-6-10(12,13)14/h4,8,17H,2-3,5-6,15H2,1H3. The fraction of sp³-hybridized carbons (Fsp3) is 0.700. The molecule has 1 heterocycles. The Labute approximate surface area is 113 Å². The number of aryl methyl sites for hydroxylation is 1. The van der Waals surface area contributed by atoms with Gasteiger partial charge in [0.1, 0.15) is 6.61 Å². The predicted octanol–water partition coefficient (Wildman–Crippen LogP) is 2.03. The highest BCUT2D eigenvalue weighted by atomic mass is 35.5. The minimum atomic E-state index is -4.37. The van der Waals surface area contributed by atoms with Crippen LogP contribution in [0.25, 0.3) is 0 Å². The van der Waals surface area contributed by atoms with E-state index in [0.29, 0.717) is 17.3 Å². The molecule has 9 heteroatoms. The first-order valence-electron chi connectivity index (χ1n) is 5.70. The summed E-state index contributed by atoms with van der Waals surface area (Å²) in [6.07, 6.45) is -2.13. The van der Waals surface area contributed by atoms with Gasteiger partial charge in [0.15, 0.2) is 0 Å². The summed E-state index contributed by atoms with van der Waals surface area (Å²) < 4.78 is 42.2. The van der Waals surface area contributed by atoms with Crippen molar-refractivity contribution in [1.29, 1.82) is 0 Å². The average Bonchev–Trinajstić information content (AvgIpc) is 2.66. The highest BCUT2D eigenvalue weighted by molar-refractivity contribution is 6.31. The number of nitrogens with one attached hydrogen (secondary N) is 1. The number of nitrogens with zero attached hydrogens (tertiary/aromatic N) is 2. The van der Waals surface area contributed by atoms with Gasteiger partial charge < -0.3 is 4.74 Å². The molecule has 0 saturated carbocycles. The van der Waals surface area contributed by atoms with Crippen molar-refractivity contribution >= 4 is 11.6 Å². The molecule has 0 aliphatic rings. The van der Waals surface area contributed by atoms with Gasteiger partial charge in [-0.25, -0.2) is 5.43 Å². The topological polar surface area (TPSA) is 65.1 Å². The van der Waals surface area contributed by atoms with Gasteiger partial charge in [-0.15, -0.1) is 0 Å². The van der Waals surface area contributed by atoms with Gasteiger partial charge in [-0.3, -0.25) is 10.5 Å². The molecule has 0 radical (unpaired) electrons. The van der Waals surface area contributed by atoms with Crippen LogP contribution in [0.1, 0.15) is 25.1 Å². The van der Waals surface area contributed by atoms with E-state index in [4.69, 9.17) is 17.4 Å². The van der Waals surface area contributed by atoms with E-state index in [2.05, 4.69) is 15.3 Å². The molecule has 0 aliphatic heterocycles. The lowest BCUT2D eigenvalue weighted by molar-refractivity contribution is -0.175. The smallest absolute Gasteiger partial charge is 0.370 e. The molecule has 3 N–H and O–H groups in total. The van der Waals surface area contributed by atoms with Crippen LogP contribution in [-0.2, 0) is 11.3 Å². The largest absolute Gasteiger partial charge is 0.411 e. The number of hydrogen-bond donors (Lipinski definition) is 2. The molecule has 5 nitrogen and oxygen atoms in total. The summed E-state index contributed by atoms with van der Waals surface area (Å²) >= 11 is 5.97. The number of hydrogen-bond acceptors (Lipinski definition) is 4. The van der Waals surface area contributed by atoms with E-state index in [1.807, 2.05) is 6.92 Å². The van der Waals surface area contributed by atoms with Gasteiger partial charge in [0, 0.05) is 6.54 Å². The van der Waals surface area contributed by atoms with Crippen LogP contribution in [0.15, 0.2) is 6.20 Å². The van der Waals surface area contributed by atoms with Crippen LogP contribution in [0.3, 0.4) is 0 Å². The van der Waals surface area contributed by atoms with Crippen LogP contribution in [0.5, 0.6) is 0 Å². The Morgan fingerprint density at radius 1 is 1.58 bits per heavy atom. The Kier molecular flexibility index (Phi) is 6.05. The summed E-state index contributed by atoms with van der Waals surface area (Å²) in [5, 5.41) is 4.38. The first-order chi connectivity index (χ1) is 8.89. The molecular weight excluding hydrogens is 285 g/mol. The van der Waals surface area contributed by atoms with Crippen LogP contribution in [0.4, 0.5) is 13.2 Å². The van der Waals surface area contributed by atoms with Gasteiger partial charge in [0.2, 0.25) is 0 Å². The summed E-state index contributed by atoms with van der Waals surface area (Å²) in [5.41, 5.74) is 2.91. The minimum absolute atomic E-state index is 0.245. The van der Waals surface area contributed by atoms with E-state index in [9.17, 15) is 13.2 Å². The monoisotopic (exact) mass is 300 g/mol. The first-order valence-corrected chi connectivity index (χ1v) is 6.08. The molecule has 0 saturated heterocycles. The second-order valence-electron chi connectivity index (χ2n) is 3.95. The second-order valence-corrected chi connectivity index (χ2v) is 4.36. The first kappa shape index (κ1) is 16.2. The van der Waals surface area contributed by atoms with E-state index in [1.165, 1.54) is 6.20 Å². The molecule has 1 aromatic heterocycles. The van der Waals surface area contributed by atoms with E-state index >= 15 is 0 Å². The molecule has 0 amide bonds. The summed E-state index contributed by atoms with van der Waals surface area (Å²) in [6, 6.07) is -0.649. The normalized spacial score (nSPS) is 13.8. The Morgan fingerprint density at radius 2 is 2.26 bits per heavy atom. The Hall–Kier alpha value is -0.830. The molecule has 0 spiro atoms. The van der Waals surface area contributed by atoms with E-state index < -0.39 is 18.8 Å².